The standard InChI is InChI=1S/C13H16N2O8/c1-6(16)15-9(18)3-4-14(13(15)21)12-11(20)10(19)8(23-12)5-22-7(2)17/h3-4,8,10-12,19-20H,5H2,1-2H3/t8-,10-,11-,12-/m1/s1. The van der Waals surface area contributed by atoms with Gasteiger partial charge in [0.15, 0.2) is 6.23 Å². The van der Waals surface area contributed by atoms with Crippen molar-refractivity contribution < 1.29 is 29.3 Å². The number of rotatable bonds is 3. The van der Waals surface area contributed by atoms with Crippen LogP contribution in [0.4, 0.5) is 0 Å². The number of hydrogen-bond donors (Lipinski definition) is 2. The average molecular weight is 328 g/mol. The van der Waals surface area contributed by atoms with Crippen LogP contribution in [0.5, 0.6) is 0 Å². The van der Waals surface area contributed by atoms with Crippen LogP contribution in [-0.4, -0.2) is 56.1 Å². The predicted molar refractivity (Wildman–Crippen MR) is 73.8 cm³/mol. The molecule has 0 saturated carbocycles. The zero-order valence-corrected chi connectivity index (χ0v) is 12.4. The summed E-state index contributed by atoms with van der Waals surface area (Å²) in [5, 5.41) is 19.9. The number of nitrogens with zero attached hydrogens (tertiary/aromatic N) is 2. The van der Waals surface area contributed by atoms with Crippen LogP contribution in [0.25, 0.3) is 0 Å². The summed E-state index contributed by atoms with van der Waals surface area (Å²) in [7, 11) is 0. The van der Waals surface area contributed by atoms with Gasteiger partial charge in [0.1, 0.15) is 24.9 Å². The minimum absolute atomic E-state index is 0.314. The summed E-state index contributed by atoms with van der Waals surface area (Å²) in [4.78, 5) is 45.9. The van der Waals surface area contributed by atoms with Crippen molar-refractivity contribution in [2.24, 2.45) is 0 Å². The Labute approximate surface area is 129 Å². The molecule has 1 fully saturated rings. The fraction of sp³-hybridized carbons (Fsp3) is 0.538. The maximum Gasteiger partial charge on any atom is 0.340 e. The smallest absolute Gasteiger partial charge is 0.340 e. The summed E-state index contributed by atoms with van der Waals surface area (Å²) in [5.74, 6) is -1.39. The SMILES string of the molecule is CC(=O)OC[C@H]1O[C@@H](n2ccc(=O)n(C(C)=O)c2=O)[C@H](O)[C@@H]1O. The molecule has 0 unspecified atom stereocenters. The van der Waals surface area contributed by atoms with Gasteiger partial charge in [-0.2, -0.15) is 4.57 Å². The number of ether oxygens (including phenoxy) is 2. The number of esters is 1. The van der Waals surface area contributed by atoms with E-state index < -0.39 is 47.7 Å². The van der Waals surface area contributed by atoms with Gasteiger partial charge in [0.25, 0.3) is 5.56 Å². The van der Waals surface area contributed by atoms with Crippen LogP contribution in [0.1, 0.15) is 24.9 Å². The number of hydrogen-bond acceptors (Lipinski definition) is 8. The number of aliphatic hydroxyl groups is 2. The summed E-state index contributed by atoms with van der Waals surface area (Å²) in [6, 6.07) is 0.963. The third-order valence-electron chi connectivity index (χ3n) is 3.39. The van der Waals surface area contributed by atoms with Crippen LogP contribution in [0, 0.1) is 0 Å². The van der Waals surface area contributed by atoms with Crippen molar-refractivity contribution >= 4 is 11.9 Å². The molecular formula is C13H16N2O8. The van der Waals surface area contributed by atoms with Crippen molar-refractivity contribution in [2.75, 3.05) is 6.61 Å². The summed E-state index contributed by atoms with van der Waals surface area (Å²) in [6.45, 7) is 1.89. The van der Waals surface area contributed by atoms with Crippen molar-refractivity contribution in [3.8, 4) is 0 Å². The van der Waals surface area contributed by atoms with Crippen molar-refractivity contribution in [3.63, 3.8) is 0 Å². The Balaban J connectivity index is 2.34. The molecule has 1 aromatic heterocycles. The highest BCUT2D eigenvalue weighted by atomic mass is 16.6. The first kappa shape index (κ1) is 17.1. The third-order valence-corrected chi connectivity index (χ3v) is 3.39. The highest BCUT2D eigenvalue weighted by molar-refractivity contribution is 5.75. The second kappa shape index (κ2) is 6.44. The van der Waals surface area contributed by atoms with E-state index in [9.17, 15) is 29.4 Å². The van der Waals surface area contributed by atoms with E-state index in [2.05, 4.69) is 0 Å². The number of carbonyl (C=O) groups is 2. The zero-order chi connectivity index (χ0) is 17.3. The zero-order valence-electron chi connectivity index (χ0n) is 12.4. The summed E-state index contributed by atoms with van der Waals surface area (Å²) < 4.78 is 11.2. The highest BCUT2D eigenvalue weighted by Crippen LogP contribution is 2.28. The minimum atomic E-state index is -1.51. The molecule has 0 aromatic carbocycles. The van der Waals surface area contributed by atoms with Gasteiger partial charge in [0.05, 0.1) is 0 Å². The van der Waals surface area contributed by atoms with E-state index in [1.54, 1.807) is 0 Å². The van der Waals surface area contributed by atoms with Crippen LogP contribution in [-0.2, 0) is 14.3 Å². The molecule has 0 spiro atoms. The molecule has 0 bridgehead atoms. The van der Waals surface area contributed by atoms with Crippen LogP contribution in [0.2, 0.25) is 0 Å². The van der Waals surface area contributed by atoms with Crippen LogP contribution in [0.15, 0.2) is 21.9 Å². The third kappa shape index (κ3) is 3.23. The molecule has 10 nitrogen and oxygen atoms in total. The van der Waals surface area contributed by atoms with Gasteiger partial charge >= 0.3 is 11.7 Å². The van der Waals surface area contributed by atoms with Crippen LogP contribution < -0.4 is 11.2 Å². The molecule has 0 amide bonds. The number of carbonyl (C=O) groups excluding carboxylic acids is 2. The van der Waals surface area contributed by atoms with Gasteiger partial charge in [-0.3, -0.25) is 19.0 Å². The molecule has 23 heavy (non-hydrogen) atoms. The molecule has 126 valence electrons. The van der Waals surface area contributed by atoms with E-state index in [4.69, 9.17) is 9.47 Å². The molecule has 0 radical (unpaired) electrons. The van der Waals surface area contributed by atoms with Crippen molar-refractivity contribution in [1.29, 1.82) is 0 Å². The average Bonchev–Trinajstić information content (AvgIpc) is 2.73. The Kier molecular flexibility index (Phi) is 4.78. The maximum atomic E-state index is 12.2. The first-order chi connectivity index (χ1) is 10.7. The van der Waals surface area contributed by atoms with E-state index in [1.807, 2.05) is 0 Å². The van der Waals surface area contributed by atoms with E-state index in [0.717, 1.165) is 23.8 Å². The predicted octanol–water partition coefficient (Wildman–Crippen LogP) is -2.15. The van der Waals surface area contributed by atoms with E-state index in [0.29, 0.717) is 4.57 Å². The summed E-state index contributed by atoms with van der Waals surface area (Å²) in [6.07, 6.45) is -4.25. The summed E-state index contributed by atoms with van der Waals surface area (Å²) >= 11 is 0. The molecule has 4 atom stereocenters. The molecule has 2 heterocycles. The second-order valence-corrected chi connectivity index (χ2v) is 5.05. The van der Waals surface area contributed by atoms with Gasteiger partial charge < -0.3 is 19.7 Å². The maximum absolute atomic E-state index is 12.2. The Morgan fingerprint density at radius 1 is 1.26 bits per heavy atom. The fourth-order valence-electron chi connectivity index (χ4n) is 2.27. The van der Waals surface area contributed by atoms with Gasteiger partial charge in [0.2, 0.25) is 5.91 Å². The lowest BCUT2D eigenvalue weighted by Crippen LogP contribution is -2.45. The van der Waals surface area contributed by atoms with Crippen molar-refractivity contribution in [2.45, 2.75) is 38.4 Å². The van der Waals surface area contributed by atoms with Crippen molar-refractivity contribution in [3.05, 3.63) is 33.1 Å². The fourth-order valence-corrected chi connectivity index (χ4v) is 2.27. The first-order valence-electron chi connectivity index (χ1n) is 6.74. The van der Waals surface area contributed by atoms with Gasteiger partial charge in [-0.15, -0.1) is 0 Å². The van der Waals surface area contributed by atoms with Gasteiger partial charge in [0, 0.05) is 26.1 Å². The normalized spacial score (nSPS) is 27.0. The Bertz CT molecular complexity index is 736. The van der Waals surface area contributed by atoms with Gasteiger partial charge in [-0.25, -0.2) is 4.79 Å². The van der Waals surface area contributed by atoms with Gasteiger partial charge in [-0.05, 0) is 0 Å². The van der Waals surface area contributed by atoms with E-state index >= 15 is 0 Å². The molecule has 1 saturated heterocycles. The van der Waals surface area contributed by atoms with Gasteiger partial charge in [-0.1, -0.05) is 0 Å². The quantitative estimate of drug-likeness (QED) is 0.599. The lowest BCUT2D eigenvalue weighted by atomic mass is 10.1. The topological polar surface area (TPSA) is 137 Å². The number of aromatic nitrogens is 2. The Morgan fingerprint density at radius 3 is 2.48 bits per heavy atom. The molecular weight excluding hydrogens is 312 g/mol. The molecule has 2 N–H and O–H groups in total. The minimum Gasteiger partial charge on any atom is -0.463 e. The lowest BCUT2D eigenvalue weighted by molar-refractivity contribution is -0.147. The monoisotopic (exact) mass is 328 g/mol. The largest absolute Gasteiger partial charge is 0.463 e. The van der Waals surface area contributed by atoms with Crippen molar-refractivity contribution in [1.82, 2.24) is 9.13 Å². The number of aliphatic hydroxyl groups excluding tert-OH is 2. The lowest BCUT2D eigenvalue weighted by Gasteiger charge is -2.18. The van der Waals surface area contributed by atoms with Crippen LogP contribution >= 0.6 is 0 Å². The molecule has 0 aliphatic carbocycles. The Hall–Kier alpha value is -2.30. The first-order valence-corrected chi connectivity index (χ1v) is 6.74. The molecule has 1 aromatic rings. The molecule has 10 heteroatoms. The van der Waals surface area contributed by atoms with Crippen LogP contribution in [0.3, 0.4) is 0 Å². The summed E-state index contributed by atoms with van der Waals surface area (Å²) in [5.41, 5.74) is -1.82. The second-order valence-electron chi connectivity index (χ2n) is 5.05. The van der Waals surface area contributed by atoms with E-state index in [-0.39, 0.29) is 6.61 Å². The molecule has 1 aliphatic heterocycles. The molecule has 2 rings (SSSR count). The Morgan fingerprint density at radius 2 is 1.91 bits per heavy atom. The highest BCUT2D eigenvalue weighted by Gasteiger charge is 2.44. The molecule has 1 aliphatic rings. The van der Waals surface area contributed by atoms with E-state index in [1.165, 1.54) is 6.92 Å².